The van der Waals surface area contributed by atoms with Crippen LogP contribution in [-0.2, 0) is 9.59 Å². The average molecular weight is 375 g/mol. The zero-order valence-corrected chi connectivity index (χ0v) is 15.2. The molecule has 1 saturated heterocycles. The largest absolute Gasteiger partial charge is 0.507 e. The summed E-state index contributed by atoms with van der Waals surface area (Å²) in [6.45, 7) is 0.908. The second kappa shape index (κ2) is 7.35. The van der Waals surface area contributed by atoms with E-state index in [1.807, 2.05) is 19.0 Å². The zero-order chi connectivity index (χ0) is 18.8. The van der Waals surface area contributed by atoms with E-state index in [2.05, 4.69) is 0 Å². The Kier molecular flexibility index (Phi) is 5.15. The summed E-state index contributed by atoms with van der Waals surface area (Å²) in [4.78, 5) is 28.6. The Morgan fingerprint density at radius 1 is 1.23 bits per heavy atom. The van der Waals surface area contributed by atoms with Gasteiger partial charge in [0.25, 0.3) is 11.7 Å². The van der Waals surface area contributed by atoms with E-state index in [1.54, 1.807) is 36.4 Å². The van der Waals surface area contributed by atoms with Crippen molar-refractivity contribution in [3.63, 3.8) is 0 Å². The van der Waals surface area contributed by atoms with Gasteiger partial charge in [0.2, 0.25) is 0 Å². The summed E-state index contributed by atoms with van der Waals surface area (Å²) in [5.74, 6) is -1.19. The standard InChI is InChI=1S/C19H19ClN2O4/c1-21(2)9-10-22-16(14-4-3-11-26-14)15(18(24)19(22)25)17(23)12-5-7-13(20)8-6-12/h3-8,11,16,23H,9-10H2,1-2H3/t16-/m1/s1. The van der Waals surface area contributed by atoms with E-state index in [9.17, 15) is 14.7 Å². The monoisotopic (exact) mass is 374 g/mol. The predicted molar refractivity (Wildman–Crippen MR) is 97.7 cm³/mol. The summed E-state index contributed by atoms with van der Waals surface area (Å²) in [6, 6.07) is 9.04. The number of furan rings is 1. The number of amides is 1. The van der Waals surface area contributed by atoms with Crippen LogP contribution in [0.4, 0.5) is 0 Å². The van der Waals surface area contributed by atoms with Crippen LogP contribution in [0.25, 0.3) is 5.76 Å². The van der Waals surface area contributed by atoms with Gasteiger partial charge in [0, 0.05) is 23.7 Å². The average Bonchev–Trinajstić information content (AvgIpc) is 3.21. The van der Waals surface area contributed by atoms with Gasteiger partial charge in [-0.05, 0) is 50.5 Å². The maximum Gasteiger partial charge on any atom is 0.295 e. The molecule has 0 saturated carbocycles. The highest BCUT2D eigenvalue weighted by molar-refractivity contribution is 6.46. The van der Waals surface area contributed by atoms with Crippen molar-refractivity contribution in [3.8, 4) is 0 Å². The molecule has 6 nitrogen and oxygen atoms in total. The lowest BCUT2D eigenvalue weighted by molar-refractivity contribution is -0.140. The highest BCUT2D eigenvalue weighted by Gasteiger charge is 2.47. The van der Waals surface area contributed by atoms with Gasteiger partial charge in [-0.3, -0.25) is 9.59 Å². The molecule has 1 aromatic carbocycles. The Labute approximate surface area is 156 Å². The first-order chi connectivity index (χ1) is 12.4. The van der Waals surface area contributed by atoms with Crippen molar-refractivity contribution in [2.45, 2.75) is 6.04 Å². The molecule has 26 heavy (non-hydrogen) atoms. The Morgan fingerprint density at radius 3 is 2.50 bits per heavy atom. The van der Waals surface area contributed by atoms with Gasteiger partial charge in [-0.2, -0.15) is 0 Å². The third-order valence-corrected chi connectivity index (χ3v) is 4.51. The molecule has 136 valence electrons. The second-order valence-corrected chi connectivity index (χ2v) is 6.75. The van der Waals surface area contributed by atoms with Gasteiger partial charge in [0.05, 0.1) is 11.8 Å². The fourth-order valence-electron chi connectivity index (χ4n) is 2.92. The van der Waals surface area contributed by atoms with Gasteiger partial charge in [0.1, 0.15) is 17.6 Å². The molecule has 0 aliphatic carbocycles. The molecule has 1 aliphatic heterocycles. The van der Waals surface area contributed by atoms with Gasteiger partial charge in [-0.15, -0.1) is 0 Å². The minimum atomic E-state index is -0.763. The van der Waals surface area contributed by atoms with E-state index in [4.69, 9.17) is 16.0 Å². The molecule has 2 aromatic rings. The fourth-order valence-corrected chi connectivity index (χ4v) is 3.05. The Balaban J connectivity index is 2.09. The molecule has 0 bridgehead atoms. The minimum absolute atomic E-state index is 0.0195. The first-order valence-corrected chi connectivity index (χ1v) is 8.50. The van der Waals surface area contributed by atoms with Crippen molar-refractivity contribution >= 4 is 29.1 Å². The van der Waals surface area contributed by atoms with Crippen LogP contribution in [-0.4, -0.2) is 53.8 Å². The van der Waals surface area contributed by atoms with E-state index in [0.717, 1.165) is 0 Å². The molecule has 1 atom stereocenters. The molecule has 2 heterocycles. The van der Waals surface area contributed by atoms with Gasteiger partial charge in [0.15, 0.2) is 0 Å². The van der Waals surface area contributed by atoms with Gasteiger partial charge < -0.3 is 19.3 Å². The lowest BCUT2D eigenvalue weighted by atomic mass is 9.99. The summed E-state index contributed by atoms with van der Waals surface area (Å²) in [5.41, 5.74) is 0.433. The molecule has 7 heteroatoms. The Bertz CT molecular complexity index is 841. The van der Waals surface area contributed by atoms with Gasteiger partial charge >= 0.3 is 0 Å². The van der Waals surface area contributed by atoms with Crippen LogP contribution >= 0.6 is 11.6 Å². The fraction of sp³-hybridized carbons (Fsp3) is 0.263. The maximum absolute atomic E-state index is 12.7. The Hall–Kier alpha value is -2.57. The van der Waals surface area contributed by atoms with E-state index < -0.39 is 17.7 Å². The number of ketones is 1. The number of halogens is 1. The number of aliphatic hydroxyl groups excluding tert-OH is 1. The summed E-state index contributed by atoms with van der Waals surface area (Å²) in [5, 5.41) is 11.3. The van der Waals surface area contributed by atoms with Crippen LogP contribution in [0, 0.1) is 0 Å². The molecule has 1 aliphatic rings. The van der Waals surface area contributed by atoms with E-state index >= 15 is 0 Å². The number of nitrogens with zero attached hydrogens (tertiary/aromatic N) is 2. The summed E-state index contributed by atoms with van der Waals surface area (Å²) < 4.78 is 5.46. The predicted octanol–water partition coefficient (Wildman–Crippen LogP) is 2.92. The zero-order valence-electron chi connectivity index (χ0n) is 14.5. The molecule has 0 spiro atoms. The number of carbonyl (C=O) groups excluding carboxylic acids is 2. The smallest absolute Gasteiger partial charge is 0.295 e. The summed E-state index contributed by atoms with van der Waals surface area (Å²) in [6.07, 6.45) is 1.48. The molecule has 1 N–H and O–H groups in total. The SMILES string of the molecule is CN(C)CCN1C(=O)C(=O)C(=C(O)c2ccc(Cl)cc2)[C@H]1c1ccco1. The third kappa shape index (κ3) is 3.38. The number of carbonyl (C=O) groups is 2. The number of likely N-dealkylation sites (N-methyl/N-ethyl adjacent to an activating group) is 1. The molecule has 1 aromatic heterocycles. The summed E-state index contributed by atoms with van der Waals surface area (Å²) in [7, 11) is 3.76. The number of Topliss-reactive ketones (excluding diaryl/α,β-unsaturated/α-hetero) is 1. The van der Waals surface area contributed by atoms with Crippen molar-refractivity contribution < 1.29 is 19.1 Å². The third-order valence-electron chi connectivity index (χ3n) is 4.26. The van der Waals surface area contributed by atoms with Crippen LogP contribution in [0.15, 0.2) is 52.7 Å². The van der Waals surface area contributed by atoms with Gasteiger partial charge in [-0.1, -0.05) is 11.6 Å². The number of hydrogen-bond acceptors (Lipinski definition) is 5. The number of benzene rings is 1. The summed E-state index contributed by atoms with van der Waals surface area (Å²) >= 11 is 5.89. The molecule has 1 fully saturated rings. The van der Waals surface area contributed by atoms with Crippen molar-refractivity contribution in [1.29, 1.82) is 0 Å². The number of rotatable bonds is 5. The first-order valence-electron chi connectivity index (χ1n) is 8.12. The number of hydrogen-bond donors (Lipinski definition) is 1. The van der Waals surface area contributed by atoms with Crippen molar-refractivity contribution in [1.82, 2.24) is 9.80 Å². The number of likely N-dealkylation sites (tertiary alicyclic amines) is 1. The van der Waals surface area contributed by atoms with Crippen LogP contribution in [0.2, 0.25) is 5.02 Å². The highest BCUT2D eigenvalue weighted by Crippen LogP contribution is 2.39. The lowest BCUT2D eigenvalue weighted by Crippen LogP contribution is -2.35. The normalized spacial score (nSPS) is 19.5. The molecular weight excluding hydrogens is 356 g/mol. The molecule has 0 radical (unpaired) electrons. The van der Waals surface area contributed by atoms with E-state index in [-0.39, 0.29) is 11.3 Å². The van der Waals surface area contributed by atoms with Crippen molar-refractivity contribution in [2.24, 2.45) is 0 Å². The maximum atomic E-state index is 12.7. The molecule has 3 rings (SSSR count). The second-order valence-electron chi connectivity index (χ2n) is 6.32. The van der Waals surface area contributed by atoms with Crippen LogP contribution in [0.5, 0.6) is 0 Å². The molecule has 1 amide bonds. The topological polar surface area (TPSA) is 74.0 Å². The van der Waals surface area contributed by atoms with Crippen molar-refractivity contribution in [3.05, 3.63) is 64.6 Å². The number of aliphatic hydroxyl groups is 1. The Morgan fingerprint density at radius 2 is 1.92 bits per heavy atom. The van der Waals surface area contributed by atoms with Gasteiger partial charge in [-0.25, -0.2) is 0 Å². The first kappa shape index (κ1) is 18.2. The van der Waals surface area contributed by atoms with Crippen molar-refractivity contribution in [2.75, 3.05) is 27.2 Å². The van der Waals surface area contributed by atoms with E-state index in [0.29, 0.717) is 29.4 Å². The lowest BCUT2D eigenvalue weighted by Gasteiger charge is -2.24. The highest BCUT2D eigenvalue weighted by atomic mass is 35.5. The molecule has 0 unspecified atom stereocenters. The van der Waals surface area contributed by atoms with E-state index in [1.165, 1.54) is 11.2 Å². The quantitative estimate of drug-likeness (QED) is 0.495. The van der Waals surface area contributed by atoms with Crippen LogP contribution < -0.4 is 0 Å². The van der Waals surface area contributed by atoms with Crippen LogP contribution in [0.3, 0.4) is 0 Å². The minimum Gasteiger partial charge on any atom is -0.507 e. The molecular formula is C19H19ClN2O4. The van der Waals surface area contributed by atoms with Crippen LogP contribution in [0.1, 0.15) is 17.4 Å².